The fourth-order valence-corrected chi connectivity index (χ4v) is 2.77. The summed E-state index contributed by atoms with van der Waals surface area (Å²) in [5.74, 6) is -0.716. The molecule has 0 radical (unpaired) electrons. The lowest BCUT2D eigenvalue weighted by Gasteiger charge is -2.07. The lowest BCUT2D eigenvalue weighted by Crippen LogP contribution is -2.29. The zero-order valence-electron chi connectivity index (χ0n) is 13.2. The molecule has 2 N–H and O–H groups in total. The number of carboxylic acid groups (broad SMARTS) is 1. The van der Waals surface area contributed by atoms with Crippen LogP contribution in [0.2, 0.25) is 0 Å². The van der Waals surface area contributed by atoms with Crippen LogP contribution in [0.1, 0.15) is 33.1 Å². The van der Waals surface area contributed by atoms with Gasteiger partial charge in [-0.15, -0.1) is 0 Å². The highest BCUT2D eigenvalue weighted by molar-refractivity contribution is 7.99. The van der Waals surface area contributed by atoms with Crippen LogP contribution < -0.4 is 5.32 Å². The minimum absolute atomic E-state index is 0.0295. The van der Waals surface area contributed by atoms with E-state index >= 15 is 0 Å². The Labute approximate surface area is 134 Å². The van der Waals surface area contributed by atoms with E-state index in [0.29, 0.717) is 12.2 Å². The quantitative estimate of drug-likeness (QED) is 0.381. The standard InChI is InChI=1S/C15H23NO5S/c1-15(2)8-10(15)13(18)16-11(14(19)20)6-4-5-7-22-9-12(17)21-3/h6,10H,4-5,7-9H2,1-3H3,(H,16,18)(H,19,20). The minimum Gasteiger partial charge on any atom is -0.477 e. The molecule has 0 heterocycles. The predicted octanol–water partition coefficient (Wildman–Crippen LogP) is 1.80. The third-order valence-electron chi connectivity index (χ3n) is 3.61. The molecular weight excluding hydrogens is 306 g/mol. The van der Waals surface area contributed by atoms with Gasteiger partial charge in [0.1, 0.15) is 5.70 Å². The normalized spacial score (nSPS) is 19.4. The number of nitrogens with one attached hydrogen (secondary N) is 1. The van der Waals surface area contributed by atoms with Crippen molar-refractivity contribution in [1.82, 2.24) is 5.32 Å². The molecule has 0 aromatic rings. The first kappa shape index (κ1) is 18.5. The van der Waals surface area contributed by atoms with Crippen LogP contribution in [0.4, 0.5) is 0 Å². The highest BCUT2D eigenvalue weighted by atomic mass is 32.2. The molecule has 1 saturated carbocycles. The van der Waals surface area contributed by atoms with E-state index in [0.717, 1.165) is 18.6 Å². The molecule has 0 aliphatic heterocycles. The van der Waals surface area contributed by atoms with E-state index in [9.17, 15) is 14.4 Å². The SMILES string of the molecule is COC(=O)CSCCCC=C(NC(=O)C1CC1(C)C)C(=O)O. The molecule has 0 aromatic heterocycles. The van der Waals surface area contributed by atoms with Crippen LogP contribution in [0.15, 0.2) is 11.8 Å². The fraction of sp³-hybridized carbons (Fsp3) is 0.667. The van der Waals surface area contributed by atoms with E-state index in [1.54, 1.807) is 0 Å². The third-order valence-corrected chi connectivity index (χ3v) is 4.62. The number of aliphatic carboxylic acids is 1. The van der Waals surface area contributed by atoms with Gasteiger partial charge in [-0.2, -0.15) is 11.8 Å². The van der Waals surface area contributed by atoms with Crippen LogP contribution in [0.25, 0.3) is 0 Å². The van der Waals surface area contributed by atoms with Gasteiger partial charge in [-0.1, -0.05) is 19.9 Å². The largest absolute Gasteiger partial charge is 0.477 e. The van der Waals surface area contributed by atoms with Gasteiger partial charge in [0.05, 0.1) is 12.9 Å². The number of carbonyl (C=O) groups excluding carboxylic acids is 2. The zero-order chi connectivity index (χ0) is 16.8. The lowest BCUT2D eigenvalue weighted by atomic mass is 10.1. The Morgan fingerprint density at radius 3 is 2.55 bits per heavy atom. The molecule has 6 nitrogen and oxygen atoms in total. The Balaban J connectivity index is 2.32. The van der Waals surface area contributed by atoms with Crippen molar-refractivity contribution in [3.05, 3.63) is 11.8 Å². The first-order chi connectivity index (χ1) is 10.3. The summed E-state index contributed by atoms with van der Waals surface area (Å²) >= 11 is 1.44. The van der Waals surface area contributed by atoms with E-state index in [1.807, 2.05) is 13.8 Å². The molecular formula is C15H23NO5S. The Morgan fingerprint density at radius 1 is 1.41 bits per heavy atom. The van der Waals surface area contributed by atoms with E-state index in [4.69, 9.17) is 5.11 Å². The maximum Gasteiger partial charge on any atom is 0.352 e. The molecule has 1 atom stereocenters. The molecule has 0 spiro atoms. The number of esters is 1. The molecule has 1 unspecified atom stereocenters. The van der Waals surface area contributed by atoms with E-state index in [-0.39, 0.29) is 28.9 Å². The van der Waals surface area contributed by atoms with Gasteiger partial charge in [0.15, 0.2) is 0 Å². The zero-order valence-corrected chi connectivity index (χ0v) is 14.0. The molecule has 1 amide bonds. The second-order valence-corrected chi connectivity index (χ2v) is 7.03. The van der Waals surface area contributed by atoms with E-state index in [1.165, 1.54) is 24.9 Å². The van der Waals surface area contributed by atoms with Crippen LogP contribution in [0, 0.1) is 11.3 Å². The molecule has 1 aliphatic rings. The van der Waals surface area contributed by atoms with Crippen LogP contribution in [0.5, 0.6) is 0 Å². The molecule has 22 heavy (non-hydrogen) atoms. The Kier molecular flexibility index (Phi) is 6.93. The Bertz CT molecular complexity index is 473. The van der Waals surface area contributed by atoms with Gasteiger partial charge in [-0.25, -0.2) is 4.79 Å². The number of carboxylic acids is 1. The number of amides is 1. The number of thioether (sulfide) groups is 1. The van der Waals surface area contributed by atoms with Gasteiger partial charge in [0.25, 0.3) is 0 Å². The van der Waals surface area contributed by atoms with Crippen molar-refractivity contribution < 1.29 is 24.2 Å². The number of hydrogen-bond donors (Lipinski definition) is 2. The van der Waals surface area contributed by atoms with Crippen LogP contribution in [0.3, 0.4) is 0 Å². The molecule has 124 valence electrons. The van der Waals surface area contributed by atoms with E-state index in [2.05, 4.69) is 10.1 Å². The highest BCUT2D eigenvalue weighted by Crippen LogP contribution is 2.51. The summed E-state index contributed by atoms with van der Waals surface area (Å²) in [4.78, 5) is 34.0. The van der Waals surface area contributed by atoms with Gasteiger partial charge < -0.3 is 15.2 Å². The van der Waals surface area contributed by atoms with E-state index < -0.39 is 5.97 Å². The maximum atomic E-state index is 11.9. The van der Waals surface area contributed by atoms with Crippen molar-refractivity contribution >= 4 is 29.6 Å². The molecule has 1 aliphatic carbocycles. The molecule has 0 aromatic carbocycles. The fourth-order valence-electron chi connectivity index (χ4n) is 1.97. The van der Waals surface area contributed by atoms with Gasteiger partial charge in [0.2, 0.25) is 5.91 Å². The van der Waals surface area contributed by atoms with Crippen LogP contribution in [-0.4, -0.2) is 41.6 Å². The molecule has 1 fully saturated rings. The molecule has 0 saturated heterocycles. The Hall–Kier alpha value is -1.50. The average Bonchev–Trinajstić information content (AvgIpc) is 3.09. The summed E-state index contributed by atoms with van der Waals surface area (Å²) in [6.45, 7) is 3.97. The Morgan fingerprint density at radius 2 is 2.05 bits per heavy atom. The third kappa shape index (κ3) is 6.09. The van der Waals surface area contributed by atoms with Gasteiger partial charge in [-0.3, -0.25) is 9.59 Å². The monoisotopic (exact) mass is 329 g/mol. The first-order valence-electron chi connectivity index (χ1n) is 7.17. The summed E-state index contributed by atoms with van der Waals surface area (Å²) in [6.07, 6.45) is 3.57. The number of methoxy groups -OCH3 is 1. The van der Waals surface area contributed by atoms with Gasteiger partial charge in [-0.05, 0) is 30.4 Å². The summed E-state index contributed by atoms with van der Waals surface area (Å²) in [5, 5.41) is 11.6. The van der Waals surface area contributed by atoms with Crippen molar-refractivity contribution in [3.8, 4) is 0 Å². The molecule has 0 bridgehead atoms. The van der Waals surface area contributed by atoms with Crippen molar-refractivity contribution in [1.29, 1.82) is 0 Å². The number of carbonyl (C=O) groups is 3. The average molecular weight is 329 g/mol. The second kappa shape index (κ2) is 8.22. The minimum atomic E-state index is -1.13. The van der Waals surface area contributed by atoms with Crippen molar-refractivity contribution in [3.63, 3.8) is 0 Å². The summed E-state index contributed by atoms with van der Waals surface area (Å²) in [5.41, 5.74) is -0.0937. The summed E-state index contributed by atoms with van der Waals surface area (Å²) < 4.78 is 4.52. The number of rotatable bonds is 9. The topological polar surface area (TPSA) is 92.7 Å². The van der Waals surface area contributed by atoms with Crippen molar-refractivity contribution in [2.75, 3.05) is 18.6 Å². The first-order valence-corrected chi connectivity index (χ1v) is 8.32. The van der Waals surface area contributed by atoms with Crippen LogP contribution in [-0.2, 0) is 19.1 Å². The van der Waals surface area contributed by atoms with Crippen LogP contribution >= 0.6 is 11.8 Å². The second-order valence-electron chi connectivity index (χ2n) is 5.93. The van der Waals surface area contributed by atoms with Crippen molar-refractivity contribution in [2.45, 2.75) is 33.1 Å². The smallest absolute Gasteiger partial charge is 0.352 e. The van der Waals surface area contributed by atoms with Gasteiger partial charge in [0, 0.05) is 5.92 Å². The number of ether oxygens (including phenoxy) is 1. The summed E-state index contributed by atoms with van der Waals surface area (Å²) in [6, 6.07) is 0. The number of hydrogen-bond acceptors (Lipinski definition) is 5. The summed E-state index contributed by atoms with van der Waals surface area (Å²) in [7, 11) is 1.34. The predicted molar refractivity (Wildman–Crippen MR) is 84.3 cm³/mol. The highest BCUT2D eigenvalue weighted by Gasteiger charge is 2.50. The van der Waals surface area contributed by atoms with Crippen molar-refractivity contribution in [2.24, 2.45) is 11.3 Å². The number of unbranched alkanes of at least 4 members (excludes halogenated alkanes) is 1. The molecule has 7 heteroatoms. The lowest BCUT2D eigenvalue weighted by molar-refractivity contribution is -0.137. The van der Waals surface area contributed by atoms with Gasteiger partial charge >= 0.3 is 11.9 Å². The maximum absolute atomic E-state index is 11.9. The number of allylic oxidation sites excluding steroid dienone is 1. The molecule has 1 rings (SSSR count).